The number of anilines is 2. The number of aromatic nitrogens is 2. The van der Waals surface area contributed by atoms with Gasteiger partial charge in [-0.3, -0.25) is 5.41 Å². The van der Waals surface area contributed by atoms with Crippen LogP contribution in [0.3, 0.4) is 0 Å². The van der Waals surface area contributed by atoms with E-state index in [9.17, 15) is 14.3 Å². The summed E-state index contributed by atoms with van der Waals surface area (Å²) in [5, 5.41) is 23.1. The zero-order valence-electron chi connectivity index (χ0n) is 24.2. The molecular weight excluding hydrogens is 547 g/mol. The molecule has 220 valence electrons. The topological polar surface area (TPSA) is 141 Å². The van der Waals surface area contributed by atoms with Gasteiger partial charge in [0.1, 0.15) is 35.3 Å². The summed E-state index contributed by atoms with van der Waals surface area (Å²) in [7, 11) is 4.12. The first-order valence-corrected chi connectivity index (χ1v) is 13.9. The smallest absolute Gasteiger partial charge is 0.343 e. The highest BCUT2D eigenvalue weighted by molar-refractivity contribution is 6.16. The molecule has 0 aliphatic carbocycles. The van der Waals surface area contributed by atoms with Crippen LogP contribution >= 0.6 is 0 Å². The number of phenolic OH excluding ortho intramolecular Hbond substituents is 1. The van der Waals surface area contributed by atoms with E-state index in [4.69, 9.17) is 15.6 Å². The van der Waals surface area contributed by atoms with Gasteiger partial charge in [0.25, 0.3) is 0 Å². The summed E-state index contributed by atoms with van der Waals surface area (Å²) < 4.78 is 20.0. The van der Waals surface area contributed by atoms with Crippen LogP contribution in [-0.4, -0.2) is 46.3 Å². The van der Waals surface area contributed by atoms with Crippen LogP contribution in [0.2, 0.25) is 0 Å². The molecule has 0 aliphatic rings. The number of phenols is 1. The molecular formula is C33H33FN6O3. The number of aromatic hydroxyl groups is 1. The standard InChI is InChI=1S/C33H33FN6O3/c1-19(39-32-28(31(36)37-18-38-32)29(35)22-15-23(34)17-24(41)16-22)30-27(25-8-4-5-9-26(25)33(42)43-30)21-12-10-20(11-13-21)7-6-14-40(2)3/h4-5,8-13,15-19,35,41H,6-7,14H2,1-3H3,(H3,36,37,38,39). The Morgan fingerprint density at radius 3 is 2.51 bits per heavy atom. The van der Waals surface area contributed by atoms with Crippen molar-refractivity contribution in [1.82, 2.24) is 14.9 Å². The van der Waals surface area contributed by atoms with E-state index < -0.39 is 17.5 Å². The number of hydrogen-bond donors (Lipinski definition) is 4. The van der Waals surface area contributed by atoms with E-state index in [2.05, 4.69) is 46.4 Å². The van der Waals surface area contributed by atoms with Crippen LogP contribution in [0.25, 0.3) is 21.9 Å². The monoisotopic (exact) mass is 580 g/mol. The third-order valence-corrected chi connectivity index (χ3v) is 7.22. The zero-order chi connectivity index (χ0) is 30.7. The quantitative estimate of drug-likeness (QED) is 0.153. The van der Waals surface area contributed by atoms with Crippen LogP contribution in [0, 0.1) is 11.2 Å². The molecule has 0 saturated heterocycles. The summed E-state index contributed by atoms with van der Waals surface area (Å²) >= 11 is 0. The molecule has 2 aromatic heterocycles. The number of fused-ring (bicyclic) bond motifs is 1. The molecule has 0 spiro atoms. The predicted molar refractivity (Wildman–Crippen MR) is 167 cm³/mol. The van der Waals surface area contributed by atoms with Crippen LogP contribution in [0.15, 0.2) is 82.3 Å². The molecule has 0 amide bonds. The van der Waals surface area contributed by atoms with Crippen LogP contribution in [0.5, 0.6) is 5.75 Å². The molecule has 5 aromatic rings. The van der Waals surface area contributed by atoms with E-state index in [-0.39, 0.29) is 34.2 Å². The Morgan fingerprint density at radius 2 is 1.81 bits per heavy atom. The molecule has 3 aromatic carbocycles. The summed E-state index contributed by atoms with van der Waals surface area (Å²) in [6.45, 7) is 2.81. The largest absolute Gasteiger partial charge is 0.508 e. The van der Waals surface area contributed by atoms with Gasteiger partial charge in [0.05, 0.1) is 22.7 Å². The van der Waals surface area contributed by atoms with Crippen molar-refractivity contribution in [3.63, 3.8) is 0 Å². The number of aryl methyl sites for hydroxylation is 1. The van der Waals surface area contributed by atoms with Crippen molar-refractivity contribution < 1.29 is 13.9 Å². The maximum absolute atomic E-state index is 14.0. The molecule has 1 unspecified atom stereocenters. The third kappa shape index (κ3) is 6.39. The third-order valence-electron chi connectivity index (χ3n) is 7.22. The Labute approximate surface area is 248 Å². The molecule has 0 saturated carbocycles. The number of nitrogen functional groups attached to an aromatic ring is 1. The van der Waals surface area contributed by atoms with Crippen molar-refractivity contribution in [2.45, 2.75) is 25.8 Å². The fraction of sp³-hybridized carbons (Fsp3) is 0.212. The fourth-order valence-electron chi connectivity index (χ4n) is 5.15. The van der Waals surface area contributed by atoms with E-state index in [1.807, 2.05) is 31.2 Å². The van der Waals surface area contributed by atoms with Crippen LogP contribution in [0.1, 0.15) is 41.8 Å². The molecule has 5 rings (SSSR count). The van der Waals surface area contributed by atoms with Crippen molar-refractivity contribution in [1.29, 1.82) is 5.41 Å². The van der Waals surface area contributed by atoms with Gasteiger partial charge in [0.2, 0.25) is 0 Å². The molecule has 0 aliphatic heterocycles. The average molecular weight is 581 g/mol. The van der Waals surface area contributed by atoms with E-state index in [1.165, 1.54) is 18.0 Å². The lowest BCUT2D eigenvalue weighted by atomic mass is 9.94. The highest BCUT2D eigenvalue weighted by Crippen LogP contribution is 2.36. The number of nitrogens with zero attached hydrogens (tertiary/aromatic N) is 3. The van der Waals surface area contributed by atoms with Gasteiger partial charge in [0.15, 0.2) is 0 Å². The molecule has 1 atom stereocenters. The molecule has 10 heteroatoms. The first-order chi connectivity index (χ1) is 20.6. The summed E-state index contributed by atoms with van der Waals surface area (Å²) in [6.07, 6.45) is 3.23. The number of hydrogen-bond acceptors (Lipinski definition) is 9. The minimum absolute atomic E-state index is 0.0107. The Kier molecular flexibility index (Phi) is 8.49. The molecule has 0 fully saturated rings. The van der Waals surface area contributed by atoms with E-state index in [1.54, 1.807) is 12.1 Å². The highest BCUT2D eigenvalue weighted by atomic mass is 19.1. The van der Waals surface area contributed by atoms with Crippen molar-refractivity contribution in [2.75, 3.05) is 31.7 Å². The Hall–Kier alpha value is -5.09. The van der Waals surface area contributed by atoms with Gasteiger partial charge in [-0.25, -0.2) is 19.2 Å². The lowest BCUT2D eigenvalue weighted by Crippen LogP contribution is -2.18. The van der Waals surface area contributed by atoms with Crippen molar-refractivity contribution in [3.8, 4) is 16.9 Å². The Morgan fingerprint density at radius 1 is 1.09 bits per heavy atom. The molecule has 43 heavy (non-hydrogen) atoms. The van der Waals surface area contributed by atoms with Crippen LogP contribution in [-0.2, 0) is 6.42 Å². The summed E-state index contributed by atoms with van der Waals surface area (Å²) in [6, 6.07) is 18.2. The minimum atomic E-state index is -0.704. The Balaban J connectivity index is 1.55. The molecule has 2 heterocycles. The van der Waals surface area contributed by atoms with Crippen LogP contribution < -0.4 is 16.7 Å². The maximum atomic E-state index is 14.0. The van der Waals surface area contributed by atoms with E-state index in [0.29, 0.717) is 11.1 Å². The average Bonchev–Trinajstić information content (AvgIpc) is 2.97. The molecule has 5 N–H and O–H groups in total. The van der Waals surface area contributed by atoms with Crippen molar-refractivity contribution in [2.24, 2.45) is 0 Å². The minimum Gasteiger partial charge on any atom is -0.508 e. The van der Waals surface area contributed by atoms with E-state index >= 15 is 0 Å². The Bertz CT molecular complexity index is 1830. The normalized spacial score (nSPS) is 12.0. The number of nitrogens with one attached hydrogen (secondary N) is 2. The first-order valence-electron chi connectivity index (χ1n) is 13.9. The number of benzene rings is 3. The van der Waals surface area contributed by atoms with Gasteiger partial charge in [0, 0.05) is 22.6 Å². The fourth-order valence-corrected chi connectivity index (χ4v) is 5.15. The van der Waals surface area contributed by atoms with Gasteiger partial charge in [-0.2, -0.15) is 0 Å². The maximum Gasteiger partial charge on any atom is 0.343 e. The second kappa shape index (κ2) is 12.4. The highest BCUT2D eigenvalue weighted by Gasteiger charge is 2.24. The van der Waals surface area contributed by atoms with Gasteiger partial charge in [-0.15, -0.1) is 0 Å². The SMILES string of the molecule is CC(Nc1ncnc(N)c1C(=N)c1cc(O)cc(F)c1)c1oc(=O)c2ccccc2c1-c1ccc(CCCN(C)C)cc1. The first kappa shape index (κ1) is 29.4. The van der Waals surface area contributed by atoms with E-state index in [0.717, 1.165) is 48.0 Å². The van der Waals surface area contributed by atoms with Crippen LogP contribution in [0.4, 0.5) is 16.0 Å². The summed E-state index contributed by atoms with van der Waals surface area (Å²) in [5.41, 5.74) is 8.56. The number of halogens is 1. The van der Waals surface area contributed by atoms with Gasteiger partial charge in [-0.1, -0.05) is 42.5 Å². The van der Waals surface area contributed by atoms with Gasteiger partial charge >= 0.3 is 5.63 Å². The summed E-state index contributed by atoms with van der Waals surface area (Å²) in [5.74, 6) is -0.481. The van der Waals surface area contributed by atoms with Crippen molar-refractivity contribution in [3.05, 3.63) is 112 Å². The van der Waals surface area contributed by atoms with Gasteiger partial charge in [-0.05, 0) is 69.7 Å². The molecule has 9 nitrogen and oxygen atoms in total. The molecule has 0 radical (unpaired) electrons. The summed E-state index contributed by atoms with van der Waals surface area (Å²) in [4.78, 5) is 23.6. The number of nitrogens with two attached hydrogens (primary N) is 1. The zero-order valence-corrected chi connectivity index (χ0v) is 24.2. The second-order valence-corrected chi connectivity index (χ2v) is 10.7. The molecule has 0 bridgehead atoms. The lowest BCUT2D eigenvalue weighted by Gasteiger charge is -2.21. The predicted octanol–water partition coefficient (Wildman–Crippen LogP) is 5.76. The number of rotatable bonds is 10. The second-order valence-electron chi connectivity index (χ2n) is 10.7. The lowest BCUT2D eigenvalue weighted by molar-refractivity contribution is 0.400. The van der Waals surface area contributed by atoms with Gasteiger partial charge < -0.3 is 25.5 Å². The van der Waals surface area contributed by atoms with Crippen molar-refractivity contribution >= 4 is 28.1 Å².